The van der Waals surface area contributed by atoms with E-state index in [2.05, 4.69) is 19.9 Å². The molecule has 31 heavy (non-hydrogen) atoms. The number of carbonyl (C=O) groups is 1. The van der Waals surface area contributed by atoms with E-state index in [9.17, 15) is 13.8 Å². The summed E-state index contributed by atoms with van der Waals surface area (Å²) >= 11 is 0. The predicted octanol–water partition coefficient (Wildman–Crippen LogP) is 1.50. The van der Waals surface area contributed by atoms with Crippen LogP contribution < -0.4 is 5.56 Å². The molecular weight excluding hydrogens is 420 g/mol. The molecule has 1 atom stereocenters. The molecular formula is C20H14N6O4S. The molecule has 0 amide bonds. The van der Waals surface area contributed by atoms with Crippen LogP contribution in [-0.2, 0) is 15.5 Å². The van der Waals surface area contributed by atoms with Crippen molar-refractivity contribution in [1.29, 1.82) is 0 Å². The van der Waals surface area contributed by atoms with Crippen molar-refractivity contribution in [3.8, 4) is 5.82 Å². The van der Waals surface area contributed by atoms with E-state index in [1.54, 1.807) is 47.3 Å². The van der Waals surface area contributed by atoms with Gasteiger partial charge in [0.05, 0.1) is 29.0 Å². The first-order valence-electron chi connectivity index (χ1n) is 9.07. The number of esters is 1. The SMILES string of the molecule is COC(=O)c1ccc2c(c1)n(-c1ccccn1)n1c(=O)c3cnc(S(C)=O)nc3nc21. The molecule has 0 spiro atoms. The fourth-order valence-electron chi connectivity index (χ4n) is 3.40. The van der Waals surface area contributed by atoms with Crippen molar-refractivity contribution in [2.75, 3.05) is 13.4 Å². The Morgan fingerprint density at radius 1 is 1.10 bits per heavy atom. The number of hydrogen-bond acceptors (Lipinski definition) is 8. The van der Waals surface area contributed by atoms with Crippen molar-refractivity contribution in [3.63, 3.8) is 0 Å². The minimum atomic E-state index is -1.42. The van der Waals surface area contributed by atoms with Crippen molar-refractivity contribution in [3.05, 3.63) is 64.7 Å². The maximum absolute atomic E-state index is 13.4. The highest BCUT2D eigenvalue weighted by molar-refractivity contribution is 7.84. The third kappa shape index (κ3) is 2.89. The molecule has 154 valence electrons. The lowest BCUT2D eigenvalue weighted by Crippen LogP contribution is -2.22. The summed E-state index contributed by atoms with van der Waals surface area (Å²) in [7, 11) is -0.125. The highest BCUT2D eigenvalue weighted by Crippen LogP contribution is 2.25. The fourth-order valence-corrected chi connectivity index (χ4v) is 3.82. The second-order valence-corrected chi connectivity index (χ2v) is 7.89. The van der Waals surface area contributed by atoms with E-state index in [1.807, 2.05) is 0 Å². The van der Waals surface area contributed by atoms with Gasteiger partial charge in [-0.2, -0.15) is 9.50 Å². The summed E-state index contributed by atoms with van der Waals surface area (Å²) < 4.78 is 19.6. The summed E-state index contributed by atoms with van der Waals surface area (Å²) in [5.41, 5.74) is 0.892. The number of benzene rings is 1. The van der Waals surface area contributed by atoms with Crippen molar-refractivity contribution < 1.29 is 13.7 Å². The van der Waals surface area contributed by atoms with E-state index in [0.29, 0.717) is 27.9 Å². The number of fused-ring (bicyclic) bond motifs is 4. The highest BCUT2D eigenvalue weighted by atomic mass is 32.2. The molecule has 0 bridgehead atoms. The van der Waals surface area contributed by atoms with Gasteiger partial charge in [0, 0.05) is 24.0 Å². The molecule has 5 aromatic rings. The van der Waals surface area contributed by atoms with E-state index < -0.39 is 22.3 Å². The van der Waals surface area contributed by atoms with Crippen LogP contribution in [0.1, 0.15) is 10.4 Å². The zero-order valence-electron chi connectivity index (χ0n) is 16.3. The molecule has 1 unspecified atom stereocenters. The first kappa shape index (κ1) is 19.0. The number of rotatable bonds is 3. The van der Waals surface area contributed by atoms with Crippen molar-refractivity contribution in [1.82, 2.24) is 29.1 Å². The first-order chi connectivity index (χ1) is 15.0. The van der Waals surface area contributed by atoms with Crippen LogP contribution in [0.25, 0.3) is 33.4 Å². The quantitative estimate of drug-likeness (QED) is 0.309. The minimum Gasteiger partial charge on any atom is -0.465 e. The molecule has 0 aliphatic carbocycles. The lowest BCUT2D eigenvalue weighted by Gasteiger charge is -2.07. The lowest BCUT2D eigenvalue weighted by molar-refractivity contribution is 0.0601. The lowest BCUT2D eigenvalue weighted by atomic mass is 10.1. The van der Waals surface area contributed by atoms with Crippen LogP contribution in [0.4, 0.5) is 0 Å². The average Bonchev–Trinajstić information content (AvgIpc) is 3.12. The number of ether oxygens (including phenoxy) is 1. The summed E-state index contributed by atoms with van der Waals surface area (Å²) in [6.07, 6.45) is 4.37. The van der Waals surface area contributed by atoms with Gasteiger partial charge in [-0.05, 0) is 30.3 Å². The molecule has 0 radical (unpaired) electrons. The van der Waals surface area contributed by atoms with Gasteiger partial charge in [0.2, 0.25) is 5.16 Å². The number of carbonyl (C=O) groups excluding carboxylic acids is 1. The van der Waals surface area contributed by atoms with Crippen molar-refractivity contribution >= 4 is 44.4 Å². The molecule has 4 aromatic heterocycles. The third-order valence-corrected chi connectivity index (χ3v) is 5.50. The van der Waals surface area contributed by atoms with Crippen LogP contribution in [0.5, 0.6) is 0 Å². The maximum atomic E-state index is 13.4. The summed E-state index contributed by atoms with van der Waals surface area (Å²) in [5.74, 6) is -0.0499. The molecule has 10 nitrogen and oxygen atoms in total. The van der Waals surface area contributed by atoms with Crippen LogP contribution in [-0.4, -0.2) is 52.7 Å². The molecule has 0 saturated heterocycles. The largest absolute Gasteiger partial charge is 0.465 e. The zero-order valence-corrected chi connectivity index (χ0v) is 17.2. The zero-order chi connectivity index (χ0) is 21.7. The topological polar surface area (TPSA) is 121 Å². The number of aromatic nitrogens is 6. The Hall–Kier alpha value is -3.99. The summed E-state index contributed by atoms with van der Waals surface area (Å²) in [5, 5.41) is 0.861. The summed E-state index contributed by atoms with van der Waals surface area (Å²) in [6.45, 7) is 0. The van der Waals surface area contributed by atoms with Gasteiger partial charge in [-0.25, -0.2) is 24.4 Å². The Kier molecular flexibility index (Phi) is 4.33. The molecule has 0 aliphatic rings. The number of pyridine rings is 1. The minimum absolute atomic E-state index is 0.0881. The third-order valence-electron chi connectivity index (χ3n) is 4.79. The molecule has 4 heterocycles. The van der Waals surface area contributed by atoms with E-state index in [0.717, 1.165) is 0 Å². The van der Waals surface area contributed by atoms with Gasteiger partial charge in [-0.1, -0.05) is 6.07 Å². The van der Waals surface area contributed by atoms with Crippen LogP contribution in [0, 0.1) is 0 Å². The van der Waals surface area contributed by atoms with Crippen LogP contribution in [0.2, 0.25) is 0 Å². The van der Waals surface area contributed by atoms with E-state index in [-0.39, 0.29) is 16.2 Å². The summed E-state index contributed by atoms with van der Waals surface area (Å²) in [4.78, 5) is 42.7. The number of nitrogens with zero attached hydrogens (tertiary/aromatic N) is 6. The molecule has 11 heteroatoms. The Balaban J connectivity index is 1.98. The number of methoxy groups -OCH3 is 1. The normalized spacial score (nSPS) is 12.5. The Bertz CT molecular complexity index is 1590. The van der Waals surface area contributed by atoms with E-state index in [4.69, 9.17) is 4.74 Å². The smallest absolute Gasteiger partial charge is 0.337 e. The average molecular weight is 434 g/mol. The maximum Gasteiger partial charge on any atom is 0.337 e. The Labute approximate surface area is 176 Å². The van der Waals surface area contributed by atoms with Gasteiger partial charge < -0.3 is 4.74 Å². The molecule has 5 rings (SSSR count). The Morgan fingerprint density at radius 2 is 1.94 bits per heavy atom. The molecule has 0 aliphatic heterocycles. The van der Waals surface area contributed by atoms with Gasteiger partial charge >= 0.3 is 5.97 Å². The van der Waals surface area contributed by atoms with Crippen LogP contribution in [0.15, 0.2) is 58.7 Å². The van der Waals surface area contributed by atoms with Gasteiger partial charge in [0.25, 0.3) is 5.56 Å². The van der Waals surface area contributed by atoms with Gasteiger partial charge in [-0.15, -0.1) is 0 Å². The predicted molar refractivity (Wildman–Crippen MR) is 113 cm³/mol. The van der Waals surface area contributed by atoms with E-state index in [1.165, 1.54) is 24.1 Å². The standard InChI is InChI=1S/C20H14N6O4S/c1-30-19(28)11-6-7-12-14(9-11)25(15-5-3-4-8-21-15)26-17(12)23-16-13(18(26)27)10-22-20(24-16)31(2)29/h3-10H,1-2H3. The van der Waals surface area contributed by atoms with Gasteiger partial charge in [-0.3, -0.25) is 9.00 Å². The van der Waals surface area contributed by atoms with E-state index >= 15 is 0 Å². The monoisotopic (exact) mass is 434 g/mol. The molecule has 1 aromatic carbocycles. The second kappa shape index (κ2) is 7.06. The fraction of sp³-hybridized carbons (Fsp3) is 0.100. The molecule has 0 saturated carbocycles. The van der Waals surface area contributed by atoms with Crippen LogP contribution in [0.3, 0.4) is 0 Å². The van der Waals surface area contributed by atoms with Gasteiger partial charge in [0.1, 0.15) is 5.39 Å². The second-order valence-electron chi connectivity index (χ2n) is 6.62. The Morgan fingerprint density at radius 3 is 2.65 bits per heavy atom. The van der Waals surface area contributed by atoms with Gasteiger partial charge in [0.15, 0.2) is 17.1 Å². The summed E-state index contributed by atoms with van der Waals surface area (Å²) in [6, 6.07) is 10.2. The van der Waals surface area contributed by atoms with Crippen molar-refractivity contribution in [2.24, 2.45) is 0 Å². The number of hydrogen-bond donors (Lipinski definition) is 0. The molecule has 0 N–H and O–H groups in total. The first-order valence-corrected chi connectivity index (χ1v) is 10.6. The molecule has 0 fully saturated rings. The highest BCUT2D eigenvalue weighted by Gasteiger charge is 2.20. The van der Waals surface area contributed by atoms with Crippen LogP contribution >= 0.6 is 0 Å². The van der Waals surface area contributed by atoms with Crippen molar-refractivity contribution in [2.45, 2.75) is 5.16 Å².